The van der Waals surface area contributed by atoms with Crippen LogP contribution in [0.4, 0.5) is 4.39 Å². The minimum atomic E-state index is -0.341. The molecule has 3 nitrogen and oxygen atoms in total. The van der Waals surface area contributed by atoms with Crippen molar-refractivity contribution >= 4 is 11.8 Å². The standard InChI is InChI=1S/C13H17ClFNO2/c1-9(16-14)10-2-3-12(15)13(8-10)18-11-4-6-17-7-5-11/h2-3,8-9,11,16H,4-7H2,1H3/t9-/m1/s1. The molecule has 0 unspecified atom stereocenters. The Balaban J connectivity index is 2.10. The lowest BCUT2D eigenvalue weighted by atomic mass is 10.1. The number of hydrogen-bond acceptors (Lipinski definition) is 3. The lowest BCUT2D eigenvalue weighted by Crippen LogP contribution is -2.26. The van der Waals surface area contributed by atoms with E-state index in [1.807, 2.05) is 6.92 Å². The molecule has 0 bridgehead atoms. The zero-order valence-corrected chi connectivity index (χ0v) is 11.0. The minimum Gasteiger partial charge on any atom is -0.487 e. The average molecular weight is 274 g/mol. The summed E-state index contributed by atoms with van der Waals surface area (Å²) in [4.78, 5) is 2.61. The lowest BCUT2D eigenvalue weighted by molar-refractivity contribution is 0.0240. The van der Waals surface area contributed by atoms with Crippen LogP contribution in [0.25, 0.3) is 0 Å². The van der Waals surface area contributed by atoms with Gasteiger partial charge in [-0.15, -0.1) is 0 Å². The maximum absolute atomic E-state index is 13.7. The first-order valence-corrected chi connectivity index (χ1v) is 6.48. The molecule has 5 heteroatoms. The van der Waals surface area contributed by atoms with Crippen LogP contribution in [0.15, 0.2) is 18.2 Å². The molecule has 1 aliphatic heterocycles. The summed E-state index contributed by atoms with van der Waals surface area (Å²) < 4.78 is 24.6. The summed E-state index contributed by atoms with van der Waals surface area (Å²) in [5.74, 6) is -0.0508. The summed E-state index contributed by atoms with van der Waals surface area (Å²) in [5, 5.41) is 0. The minimum absolute atomic E-state index is 0.0303. The molecule has 0 saturated carbocycles. The summed E-state index contributed by atoms with van der Waals surface area (Å²) in [7, 11) is 0. The number of benzene rings is 1. The Morgan fingerprint density at radius 1 is 1.44 bits per heavy atom. The predicted octanol–water partition coefficient (Wildman–Crippen LogP) is 3.19. The van der Waals surface area contributed by atoms with Crippen LogP contribution in [-0.2, 0) is 4.74 Å². The van der Waals surface area contributed by atoms with Crippen molar-refractivity contribution in [2.24, 2.45) is 0 Å². The normalized spacial score (nSPS) is 18.6. The predicted molar refractivity (Wildman–Crippen MR) is 68.3 cm³/mol. The van der Waals surface area contributed by atoms with Gasteiger partial charge in [0, 0.05) is 18.9 Å². The molecule has 1 atom stereocenters. The van der Waals surface area contributed by atoms with Crippen LogP contribution in [0.1, 0.15) is 31.4 Å². The maximum Gasteiger partial charge on any atom is 0.165 e. The van der Waals surface area contributed by atoms with Gasteiger partial charge in [-0.2, -0.15) is 0 Å². The fraction of sp³-hybridized carbons (Fsp3) is 0.538. The molecule has 1 N–H and O–H groups in total. The first kappa shape index (κ1) is 13.6. The Morgan fingerprint density at radius 3 is 2.83 bits per heavy atom. The van der Waals surface area contributed by atoms with E-state index in [0.29, 0.717) is 13.2 Å². The van der Waals surface area contributed by atoms with E-state index in [1.165, 1.54) is 6.07 Å². The van der Waals surface area contributed by atoms with E-state index in [1.54, 1.807) is 12.1 Å². The van der Waals surface area contributed by atoms with E-state index in [-0.39, 0.29) is 23.7 Å². The van der Waals surface area contributed by atoms with Crippen molar-refractivity contribution in [3.8, 4) is 5.75 Å². The third-order valence-corrected chi connectivity index (χ3v) is 3.41. The number of hydrogen-bond donors (Lipinski definition) is 1. The number of rotatable bonds is 4. The molecule has 1 aromatic carbocycles. The van der Waals surface area contributed by atoms with Crippen LogP contribution in [-0.4, -0.2) is 19.3 Å². The molecule has 18 heavy (non-hydrogen) atoms. The molecule has 1 fully saturated rings. The molecular weight excluding hydrogens is 257 g/mol. The van der Waals surface area contributed by atoms with Crippen molar-refractivity contribution in [3.05, 3.63) is 29.6 Å². The molecule has 0 amide bonds. The van der Waals surface area contributed by atoms with E-state index in [4.69, 9.17) is 21.3 Å². The number of nitrogens with one attached hydrogen (secondary N) is 1. The van der Waals surface area contributed by atoms with Crippen LogP contribution in [0, 0.1) is 5.82 Å². The van der Waals surface area contributed by atoms with Gasteiger partial charge in [0.25, 0.3) is 0 Å². The van der Waals surface area contributed by atoms with Crippen molar-refractivity contribution in [1.29, 1.82) is 0 Å². The van der Waals surface area contributed by atoms with Crippen molar-refractivity contribution < 1.29 is 13.9 Å². The quantitative estimate of drug-likeness (QED) is 0.855. The zero-order valence-electron chi connectivity index (χ0n) is 10.3. The van der Waals surface area contributed by atoms with E-state index in [2.05, 4.69) is 4.84 Å². The van der Waals surface area contributed by atoms with Gasteiger partial charge in [-0.1, -0.05) is 6.07 Å². The third kappa shape index (κ3) is 3.34. The van der Waals surface area contributed by atoms with E-state index >= 15 is 0 Å². The second kappa shape index (κ2) is 6.36. The van der Waals surface area contributed by atoms with Gasteiger partial charge in [0.15, 0.2) is 11.6 Å². The summed E-state index contributed by atoms with van der Waals surface area (Å²) in [6, 6.07) is 4.76. The van der Waals surface area contributed by atoms with Gasteiger partial charge in [-0.05, 0) is 36.4 Å². The van der Waals surface area contributed by atoms with E-state index in [9.17, 15) is 4.39 Å². The Labute approximate surface area is 111 Å². The van der Waals surface area contributed by atoms with Gasteiger partial charge in [-0.25, -0.2) is 9.23 Å². The molecule has 1 aliphatic rings. The summed E-state index contributed by atoms with van der Waals surface area (Å²) in [5.41, 5.74) is 0.897. The van der Waals surface area contributed by atoms with Gasteiger partial charge in [0.1, 0.15) is 6.10 Å². The van der Waals surface area contributed by atoms with Crippen molar-refractivity contribution in [3.63, 3.8) is 0 Å². The summed E-state index contributed by atoms with van der Waals surface area (Å²) in [6.07, 6.45) is 1.63. The fourth-order valence-corrected chi connectivity index (χ4v) is 2.04. The van der Waals surface area contributed by atoms with E-state index < -0.39 is 0 Å². The third-order valence-electron chi connectivity index (χ3n) is 3.08. The highest BCUT2D eigenvalue weighted by molar-refractivity contribution is 6.13. The smallest absolute Gasteiger partial charge is 0.165 e. The number of ether oxygens (including phenoxy) is 2. The molecule has 0 spiro atoms. The molecule has 100 valence electrons. The molecule has 0 radical (unpaired) electrons. The largest absolute Gasteiger partial charge is 0.487 e. The highest BCUT2D eigenvalue weighted by Gasteiger charge is 2.18. The first-order valence-electron chi connectivity index (χ1n) is 6.10. The van der Waals surface area contributed by atoms with Gasteiger partial charge < -0.3 is 9.47 Å². The Hall–Kier alpha value is -0.840. The Bertz CT molecular complexity index is 397. The summed E-state index contributed by atoms with van der Waals surface area (Å²) in [6.45, 7) is 3.25. The van der Waals surface area contributed by atoms with Gasteiger partial charge in [0.2, 0.25) is 0 Å². The highest BCUT2D eigenvalue weighted by Crippen LogP contribution is 2.25. The molecule has 1 heterocycles. The van der Waals surface area contributed by atoms with E-state index in [0.717, 1.165) is 18.4 Å². The molecule has 1 aromatic rings. The van der Waals surface area contributed by atoms with Gasteiger partial charge in [-0.3, -0.25) is 0 Å². The van der Waals surface area contributed by atoms with Crippen LogP contribution >= 0.6 is 11.8 Å². The van der Waals surface area contributed by atoms with Gasteiger partial charge in [0.05, 0.1) is 13.2 Å². The molecule has 2 rings (SSSR count). The van der Waals surface area contributed by atoms with Crippen molar-refractivity contribution in [2.45, 2.75) is 31.9 Å². The average Bonchev–Trinajstić information content (AvgIpc) is 2.41. The molecular formula is C13H17ClFNO2. The molecule has 0 aromatic heterocycles. The van der Waals surface area contributed by atoms with Crippen LogP contribution in [0.2, 0.25) is 0 Å². The zero-order chi connectivity index (χ0) is 13.0. The topological polar surface area (TPSA) is 30.5 Å². The number of halogens is 2. The highest BCUT2D eigenvalue weighted by atomic mass is 35.5. The van der Waals surface area contributed by atoms with Crippen LogP contribution in [0.5, 0.6) is 5.75 Å². The first-order chi connectivity index (χ1) is 8.70. The lowest BCUT2D eigenvalue weighted by Gasteiger charge is -2.24. The summed E-state index contributed by atoms with van der Waals surface area (Å²) >= 11 is 5.57. The van der Waals surface area contributed by atoms with Crippen LogP contribution in [0.3, 0.4) is 0 Å². The van der Waals surface area contributed by atoms with Crippen molar-refractivity contribution in [1.82, 2.24) is 4.84 Å². The van der Waals surface area contributed by atoms with Gasteiger partial charge >= 0.3 is 0 Å². The molecule has 1 saturated heterocycles. The second-order valence-corrected chi connectivity index (χ2v) is 4.67. The second-order valence-electron chi connectivity index (χ2n) is 4.45. The SMILES string of the molecule is C[C@@H](NCl)c1ccc(F)c(OC2CCOCC2)c1. The van der Waals surface area contributed by atoms with Crippen LogP contribution < -0.4 is 9.57 Å². The Morgan fingerprint density at radius 2 is 2.17 bits per heavy atom. The maximum atomic E-state index is 13.7. The molecule has 0 aliphatic carbocycles. The monoisotopic (exact) mass is 273 g/mol. The fourth-order valence-electron chi connectivity index (χ4n) is 1.92. The Kier molecular flexibility index (Phi) is 4.80. The van der Waals surface area contributed by atoms with Crippen molar-refractivity contribution in [2.75, 3.05) is 13.2 Å².